The van der Waals surface area contributed by atoms with E-state index in [-0.39, 0.29) is 11.5 Å². The molecule has 0 saturated carbocycles. The molecular formula is C23H21ClN2O4. The summed E-state index contributed by atoms with van der Waals surface area (Å²) in [6.07, 6.45) is 3.17. The van der Waals surface area contributed by atoms with Crippen LogP contribution >= 0.6 is 11.6 Å². The van der Waals surface area contributed by atoms with Crippen molar-refractivity contribution in [1.82, 2.24) is 4.57 Å². The van der Waals surface area contributed by atoms with Gasteiger partial charge in [0.15, 0.2) is 0 Å². The number of nitrogens with zero attached hydrogens (tertiary/aromatic N) is 1. The van der Waals surface area contributed by atoms with Gasteiger partial charge < -0.3 is 19.4 Å². The highest BCUT2D eigenvalue weighted by Gasteiger charge is 2.18. The monoisotopic (exact) mass is 424 g/mol. The van der Waals surface area contributed by atoms with Crippen molar-refractivity contribution in [1.29, 1.82) is 0 Å². The van der Waals surface area contributed by atoms with Crippen LogP contribution in [0.3, 0.4) is 0 Å². The van der Waals surface area contributed by atoms with E-state index in [1.54, 1.807) is 31.4 Å². The summed E-state index contributed by atoms with van der Waals surface area (Å²) in [4.78, 5) is 23.8. The Hall–Kier alpha value is -3.25. The minimum absolute atomic E-state index is 0.167. The van der Waals surface area contributed by atoms with E-state index in [0.717, 1.165) is 18.4 Å². The molecule has 0 bridgehead atoms. The number of fused-ring (bicyclic) bond motifs is 4. The molecule has 1 aromatic heterocycles. The average Bonchev–Trinajstić information content (AvgIpc) is 2.72. The Labute approximate surface area is 179 Å². The van der Waals surface area contributed by atoms with Gasteiger partial charge in [-0.15, -0.1) is 0 Å². The quantitative estimate of drug-likeness (QED) is 0.610. The van der Waals surface area contributed by atoms with Gasteiger partial charge in [0.2, 0.25) is 5.91 Å². The third-order valence-corrected chi connectivity index (χ3v) is 5.11. The molecule has 0 radical (unpaired) electrons. The lowest BCUT2D eigenvalue weighted by atomic mass is 10.0. The lowest BCUT2D eigenvalue weighted by molar-refractivity contribution is -0.114. The number of pyridine rings is 1. The number of halogens is 1. The van der Waals surface area contributed by atoms with E-state index in [4.69, 9.17) is 21.1 Å². The number of anilines is 1. The fourth-order valence-corrected chi connectivity index (χ4v) is 3.65. The topological polar surface area (TPSA) is 69.6 Å². The summed E-state index contributed by atoms with van der Waals surface area (Å²) < 4.78 is 13.8. The van der Waals surface area contributed by atoms with Crippen molar-refractivity contribution < 1.29 is 14.3 Å². The second-order valence-electron chi connectivity index (χ2n) is 7.20. The van der Waals surface area contributed by atoms with Gasteiger partial charge in [0.1, 0.15) is 17.2 Å². The molecule has 0 unspecified atom stereocenters. The SMILES string of the molecule is CC(=O)Nc1ccc2c(c1)-c1cn(C)c(=O)cc1OCCCc1cc(Cl)ccc1O2. The summed E-state index contributed by atoms with van der Waals surface area (Å²) >= 11 is 6.19. The highest BCUT2D eigenvalue weighted by molar-refractivity contribution is 6.30. The van der Waals surface area contributed by atoms with Crippen molar-refractivity contribution in [3.63, 3.8) is 0 Å². The first kappa shape index (κ1) is 20.0. The molecule has 1 amide bonds. The number of amides is 1. The Kier molecular flexibility index (Phi) is 5.50. The molecule has 30 heavy (non-hydrogen) atoms. The van der Waals surface area contributed by atoms with Crippen molar-refractivity contribution in [2.45, 2.75) is 19.8 Å². The maximum atomic E-state index is 12.2. The number of ether oxygens (including phenoxy) is 2. The molecule has 1 N–H and O–H groups in total. The van der Waals surface area contributed by atoms with E-state index < -0.39 is 0 Å². The molecule has 6 nitrogen and oxygen atoms in total. The van der Waals surface area contributed by atoms with Crippen LogP contribution < -0.4 is 20.3 Å². The summed E-state index contributed by atoms with van der Waals surface area (Å²) in [7, 11) is 1.68. The smallest absolute Gasteiger partial charge is 0.254 e. The fraction of sp³-hybridized carbons (Fsp3) is 0.217. The first-order valence-corrected chi connectivity index (χ1v) is 10.0. The number of hydrogen-bond acceptors (Lipinski definition) is 4. The van der Waals surface area contributed by atoms with Crippen molar-refractivity contribution in [3.05, 3.63) is 69.6 Å². The van der Waals surface area contributed by atoms with Gasteiger partial charge >= 0.3 is 0 Å². The molecule has 0 spiro atoms. The molecule has 3 aromatic rings. The Bertz CT molecular complexity index is 1190. The van der Waals surface area contributed by atoms with Crippen LogP contribution in [0.1, 0.15) is 18.9 Å². The Balaban J connectivity index is 1.93. The zero-order valence-corrected chi connectivity index (χ0v) is 17.5. The highest BCUT2D eigenvalue weighted by atomic mass is 35.5. The first-order chi connectivity index (χ1) is 14.4. The molecule has 0 fully saturated rings. The third-order valence-electron chi connectivity index (χ3n) is 4.87. The van der Waals surface area contributed by atoms with E-state index in [1.165, 1.54) is 17.6 Å². The summed E-state index contributed by atoms with van der Waals surface area (Å²) in [5, 5.41) is 3.43. The Morgan fingerprint density at radius 1 is 1.07 bits per heavy atom. The summed E-state index contributed by atoms with van der Waals surface area (Å²) in [5.74, 6) is 1.59. The van der Waals surface area contributed by atoms with Gasteiger partial charge in [0.05, 0.1) is 6.61 Å². The fourth-order valence-electron chi connectivity index (χ4n) is 3.45. The van der Waals surface area contributed by atoms with Crippen LogP contribution in [0.4, 0.5) is 5.69 Å². The minimum atomic E-state index is -0.176. The zero-order valence-electron chi connectivity index (χ0n) is 16.7. The second-order valence-corrected chi connectivity index (χ2v) is 7.64. The molecule has 0 saturated heterocycles. The molecule has 2 aromatic carbocycles. The minimum Gasteiger partial charge on any atom is -0.493 e. The molecular weight excluding hydrogens is 404 g/mol. The van der Waals surface area contributed by atoms with Gasteiger partial charge in [-0.1, -0.05) is 11.6 Å². The number of benzene rings is 2. The van der Waals surface area contributed by atoms with Gasteiger partial charge in [-0.3, -0.25) is 9.59 Å². The van der Waals surface area contributed by atoms with E-state index in [9.17, 15) is 9.59 Å². The second kappa shape index (κ2) is 8.24. The lowest BCUT2D eigenvalue weighted by Crippen LogP contribution is -2.16. The van der Waals surface area contributed by atoms with Crippen molar-refractivity contribution in [3.8, 4) is 28.4 Å². The summed E-state index contributed by atoms with van der Waals surface area (Å²) in [5.41, 5.74) is 2.84. The van der Waals surface area contributed by atoms with Crippen LogP contribution in [0.2, 0.25) is 5.02 Å². The van der Waals surface area contributed by atoms with Crippen LogP contribution in [0, 0.1) is 0 Å². The number of hydrogen-bond donors (Lipinski definition) is 1. The Morgan fingerprint density at radius 3 is 2.67 bits per heavy atom. The van der Waals surface area contributed by atoms with E-state index in [2.05, 4.69) is 5.32 Å². The first-order valence-electron chi connectivity index (χ1n) is 9.62. The molecule has 0 aliphatic carbocycles. The molecule has 1 aliphatic rings. The number of rotatable bonds is 1. The summed E-state index contributed by atoms with van der Waals surface area (Å²) in [6.45, 7) is 1.89. The van der Waals surface area contributed by atoms with Crippen LogP contribution in [-0.2, 0) is 18.3 Å². The van der Waals surface area contributed by atoms with Gasteiger partial charge in [0, 0.05) is 48.1 Å². The standard InChI is InChI=1S/C23H21ClN2O4/c1-14(27)25-17-6-8-21-18(11-17)19-13-26(2)23(28)12-22(19)29-9-3-4-15-10-16(24)5-7-20(15)30-21/h5-8,10-13H,3-4,9H2,1-2H3,(H,25,27). The maximum Gasteiger partial charge on any atom is 0.254 e. The van der Waals surface area contributed by atoms with Gasteiger partial charge in [-0.25, -0.2) is 0 Å². The van der Waals surface area contributed by atoms with Gasteiger partial charge in [0.25, 0.3) is 5.56 Å². The van der Waals surface area contributed by atoms with Crippen molar-refractivity contribution in [2.24, 2.45) is 7.05 Å². The molecule has 1 aliphatic heterocycles. The maximum absolute atomic E-state index is 12.2. The predicted octanol–water partition coefficient (Wildman–Crippen LogP) is 4.78. The van der Waals surface area contributed by atoms with Crippen molar-refractivity contribution >= 4 is 23.2 Å². The number of carbonyl (C=O) groups is 1. The number of aryl methyl sites for hydroxylation is 2. The van der Waals surface area contributed by atoms with Crippen LogP contribution in [-0.4, -0.2) is 17.1 Å². The third kappa shape index (κ3) is 4.19. The molecule has 154 valence electrons. The molecule has 4 rings (SSSR count). The van der Waals surface area contributed by atoms with E-state index in [0.29, 0.717) is 45.7 Å². The van der Waals surface area contributed by atoms with Gasteiger partial charge in [-0.05, 0) is 54.8 Å². The largest absolute Gasteiger partial charge is 0.493 e. The van der Waals surface area contributed by atoms with Crippen LogP contribution in [0.15, 0.2) is 53.5 Å². The average molecular weight is 425 g/mol. The van der Waals surface area contributed by atoms with Gasteiger partial charge in [-0.2, -0.15) is 0 Å². The number of carbonyl (C=O) groups excluding carboxylic acids is 1. The highest BCUT2D eigenvalue weighted by Crippen LogP contribution is 2.41. The summed E-state index contributed by atoms with van der Waals surface area (Å²) in [6, 6.07) is 12.4. The molecule has 7 heteroatoms. The van der Waals surface area contributed by atoms with E-state index >= 15 is 0 Å². The zero-order chi connectivity index (χ0) is 21.3. The Morgan fingerprint density at radius 2 is 1.87 bits per heavy atom. The number of nitrogens with one attached hydrogen (secondary N) is 1. The van der Waals surface area contributed by atoms with Crippen LogP contribution in [0.5, 0.6) is 17.2 Å². The molecule has 2 heterocycles. The number of aromatic nitrogens is 1. The van der Waals surface area contributed by atoms with E-state index in [1.807, 2.05) is 18.2 Å². The molecule has 0 atom stereocenters. The van der Waals surface area contributed by atoms with Crippen LogP contribution in [0.25, 0.3) is 11.1 Å². The van der Waals surface area contributed by atoms with Crippen molar-refractivity contribution in [2.75, 3.05) is 11.9 Å². The predicted molar refractivity (Wildman–Crippen MR) is 117 cm³/mol. The lowest BCUT2D eigenvalue weighted by Gasteiger charge is -2.17. The normalized spacial score (nSPS) is 12.9.